The predicted molar refractivity (Wildman–Crippen MR) is 67.6 cm³/mol. The van der Waals surface area contributed by atoms with Gasteiger partial charge in [-0.3, -0.25) is 9.48 Å². The summed E-state index contributed by atoms with van der Waals surface area (Å²) in [6.07, 6.45) is 4.20. The van der Waals surface area contributed by atoms with Crippen molar-refractivity contribution < 1.29 is 4.79 Å². The van der Waals surface area contributed by atoms with Crippen molar-refractivity contribution in [2.75, 3.05) is 13.1 Å². The van der Waals surface area contributed by atoms with Gasteiger partial charge in [0, 0.05) is 37.4 Å². The van der Waals surface area contributed by atoms with Crippen LogP contribution in [0.3, 0.4) is 0 Å². The highest BCUT2D eigenvalue weighted by molar-refractivity contribution is 5.76. The van der Waals surface area contributed by atoms with Gasteiger partial charge < -0.3 is 10.6 Å². The van der Waals surface area contributed by atoms with Gasteiger partial charge in [0.2, 0.25) is 5.91 Å². The van der Waals surface area contributed by atoms with Crippen molar-refractivity contribution in [3.8, 4) is 0 Å². The summed E-state index contributed by atoms with van der Waals surface area (Å²) >= 11 is 0. The number of rotatable bonds is 6. The Balaban J connectivity index is 2.02. The second-order valence-corrected chi connectivity index (χ2v) is 5.07. The molecule has 1 rings (SSSR count). The normalized spacial score (nSPS) is 11.5. The van der Waals surface area contributed by atoms with Crippen molar-refractivity contribution >= 4 is 5.91 Å². The fourth-order valence-electron chi connectivity index (χ4n) is 1.43. The number of carbonyl (C=O) groups is 1. The summed E-state index contributed by atoms with van der Waals surface area (Å²) in [6.45, 7) is 8.30. The minimum atomic E-state index is -0.147. The Morgan fingerprint density at radius 3 is 2.71 bits per heavy atom. The zero-order valence-electron chi connectivity index (χ0n) is 10.9. The summed E-state index contributed by atoms with van der Waals surface area (Å²) in [5, 5.41) is 10.2. The molecule has 1 aromatic rings. The highest BCUT2D eigenvalue weighted by atomic mass is 16.1. The lowest BCUT2D eigenvalue weighted by atomic mass is 10.1. The second-order valence-electron chi connectivity index (χ2n) is 5.07. The summed E-state index contributed by atoms with van der Waals surface area (Å²) in [4.78, 5) is 11.5. The van der Waals surface area contributed by atoms with Gasteiger partial charge in [-0.2, -0.15) is 5.10 Å². The molecule has 0 aliphatic heterocycles. The predicted octanol–water partition coefficient (Wildman–Crippen LogP) is 0.777. The Kier molecular flexibility index (Phi) is 5.15. The summed E-state index contributed by atoms with van der Waals surface area (Å²) < 4.78 is 1.86. The van der Waals surface area contributed by atoms with E-state index >= 15 is 0 Å². The number of carbonyl (C=O) groups excluding carboxylic acids is 1. The fraction of sp³-hybridized carbons (Fsp3) is 0.667. The zero-order valence-corrected chi connectivity index (χ0v) is 10.9. The van der Waals surface area contributed by atoms with Crippen LogP contribution in [0.2, 0.25) is 0 Å². The quantitative estimate of drug-likeness (QED) is 0.720. The second kappa shape index (κ2) is 6.39. The van der Waals surface area contributed by atoms with Gasteiger partial charge in [0.1, 0.15) is 0 Å². The van der Waals surface area contributed by atoms with Crippen molar-refractivity contribution in [2.45, 2.75) is 39.3 Å². The lowest BCUT2D eigenvalue weighted by molar-refractivity contribution is -0.122. The van der Waals surface area contributed by atoms with Crippen molar-refractivity contribution in [1.29, 1.82) is 0 Å². The van der Waals surface area contributed by atoms with Crippen LogP contribution in [0, 0.1) is 0 Å². The van der Waals surface area contributed by atoms with Crippen LogP contribution in [0.4, 0.5) is 0 Å². The van der Waals surface area contributed by atoms with E-state index in [1.807, 2.05) is 37.7 Å². The van der Waals surface area contributed by atoms with E-state index in [1.54, 1.807) is 6.20 Å². The van der Waals surface area contributed by atoms with Gasteiger partial charge in [0.15, 0.2) is 0 Å². The molecule has 0 fully saturated rings. The first-order chi connectivity index (χ1) is 7.97. The molecule has 0 atom stereocenters. The maximum Gasteiger partial charge on any atom is 0.221 e. The molecular formula is C12H22N4O. The van der Waals surface area contributed by atoms with Gasteiger partial charge in [-0.15, -0.1) is 0 Å². The van der Waals surface area contributed by atoms with Gasteiger partial charge in [0.25, 0.3) is 0 Å². The number of nitrogens with one attached hydrogen (secondary N) is 2. The average Bonchev–Trinajstić information content (AvgIpc) is 2.67. The summed E-state index contributed by atoms with van der Waals surface area (Å²) in [6, 6.07) is 1.90. The van der Waals surface area contributed by atoms with E-state index < -0.39 is 0 Å². The lowest BCUT2D eigenvalue weighted by Crippen LogP contribution is -2.41. The van der Waals surface area contributed by atoms with Crippen molar-refractivity contribution in [3.05, 3.63) is 18.5 Å². The molecule has 0 radical (unpaired) electrons. The van der Waals surface area contributed by atoms with Crippen molar-refractivity contribution in [3.63, 3.8) is 0 Å². The SMILES string of the molecule is CC(C)(C)NC(=O)CCNCCn1cccn1. The van der Waals surface area contributed by atoms with Crippen LogP contribution < -0.4 is 10.6 Å². The number of aromatic nitrogens is 2. The molecule has 0 saturated heterocycles. The van der Waals surface area contributed by atoms with E-state index in [0.29, 0.717) is 13.0 Å². The van der Waals surface area contributed by atoms with Crippen LogP contribution in [0.1, 0.15) is 27.2 Å². The summed E-state index contributed by atoms with van der Waals surface area (Å²) in [5.74, 6) is 0.0871. The summed E-state index contributed by atoms with van der Waals surface area (Å²) in [5.41, 5.74) is -0.147. The molecule has 0 unspecified atom stereocenters. The number of hydrogen-bond donors (Lipinski definition) is 2. The van der Waals surface area contributed by atoms with Crippen LogP contribution in [0.25, 0.3) is 0 Å². The van der Waals surface area contributed by atoms with E-state index in [9.17, 15) is 4.79 Å². The molecule has 1 amide bonds. The molecule has 1 heterocycles. The average molecular weight is 238 g/mol. The Bertz CT molecular complexity index is 327. The third-order valence-corrected chi connectivity index (χ3v) is 2.12. The van der Waals surface area contributed by atoms with Crippen LogP contribution in [-0.4, -0.2) is 34.3 Å². The molecule has 96 valence electrons. The van der Waals surface area contributed by atoms with Crippen molar-refractivity contribution in [1.82, 2.24) is 20.4 Å². The zero-order chi connectivity index (χ0) is 12.7. The maximum absolute atomic E-state index is 11.5. The summed E-state index contributed by atoms with van der Waals surface area (Å²) in [7, 11) is 0. The van der Waals surface area contributed by atoms with E-state index in [2.05, 4.69) is 15.7 Å². The molecule has 0 saturated carbocycles. The number of nitrogens with zero attached hydrogens (tertiary/aromatic N) is 2. The Morgan fingerprint density at radius 2 is 2.12 bits per heavy atom. The smallest absolute Gasteiger partial charge is 0.221 e. The van der Waals surface area contributed by atoms with E-state index in [-0.39, 0.29) is 11.4 Å². The molecule has 0 aliphatic rings. The van der Waals surface area contributed by atoms with Gasteiger partial charge in [-0.05, 0) is 26.8 Å². The van der Waals surface area contributed by atoms with Gasteiger partial charge in [0.05, 0.1) is 6.54 Å². The Hall–Kier alpha value is -1.36. The van der Waals surface area contributed by atoms with Crippen LogP contribution in [0.5, 0.6) is 0 Å². The maximum atomic E-state index is 11.5. The minimum Gasteiger partial charge on any atom is -0.351 e. The molecular weight excluding hydrogens is 216 g/mol. The van der Waals surface area contributed by atoms with E-state index in [0.717, 1.165) is 13.1 Å². The molecule has 2 N–H and O–H groups in total. The molecule has 5 nitrogen and oxygen atoms in total. The molecule has 0 aromatic carbocycles. The topological polar surface area (TPSA) is 59.0 Å². The standard InChI is InChI=1S/C12H22N4O/c1-12(2,3)15-11(17)5-7-13-8-10-16-9-4-6-14-16/h4,6,9,13H,5,7-8,10H2,1-3H3,(H,15,17). The molecule has 0 spiro atoms. The first kappa shape index (κ1) is 13.7. The van der Waals surface area contributed by atoms with Gasteiger partial charge in [-0.25, -0.2) is 0 Å². The van der Waals surface area contributed by atoms with Gasteiger partial charge in [-0.1, -0.05) is 0 Å². The highest BCUT2D eigenvalue weighted by Gasteiger charge is 2.12. The highest BCUT2D eigenvalue weighted by Crippen LogP contribution is 1.98. The van der Waals surface area contributed by atoms with Gasteiger partial charge >= 0.3 is 0 Å². The molecule has 17 heavy (non-hydrogen) atoms. The Labute approximate surface area is 103 Å². The molecule has 1 aromatic heterocycles. The monoisotopic (exact) mass is 238 g/mol. The van der Waals surface area contributed by atoms with E-state index in [4.69, 9.17) is 0 Å². The molecule has 0 aliphatic carbocycles. The van der Waals surface area contributed by atoms with Crippen molar-refractivity contribution in [2.24, 2.45) is 0 Å². The number of amides is 1. The fourth-order valence-corrected chi connectivity index (χ4v) is 1.43. The molecule has 5 heteroatoms. The third-order valence-electron chi connectivity index (χ3n) is 2.12. The van der Waals surface area contributed by atoms with E-state index in [1.165, 1.54) is 0 Å². The van der Waals surface area contributed by atoms with Crippen LogP contribution in [0.15, 0.2) is 18.5 Å². The lowest BCUT2D eigenvalue weighted by Gasteiger charge is -2.20. The first-order valence-electron chi connectivity index (χ1n) is 5.96. The Morgan fingerprint density at radius 1 is 1.35 bits per heavy atom. The number of hydrogen-bond acceptors (Lipinski definition) is 3. The minimum absolute atomic E-state index is 0.0871. The van der Waals surface area contributed by atoms with Crippen LogP contribution >= 0.6 is 0 Å². The third kappa shape index (κ3) is 6.73. The van der Waals surface area contributed by atoms with Crippen LogP contribution in [-0.2, 0) is 11.3 Å². The molecule has 0 bridgehead atoms. The first-order valence-corrected chi connectivity index (χ1v) is 5.96. The largest absolute Gasteiger partial charge is 0.351 e.